The second kappa shape index (κ2) is 6.67. The van der Waals surface area contributed by atoms with Crippen LogP contribution in [0.1, 0.15) is 19.8 Å². The number of piperidine rings is 1. The Morgan fingerprint density at radius 1 is 1.44 bits per heavy atom. The van der Waals surface area contributed by atoms with Crippen LogP contribution in [0.15, 0.2) is 0 Å². The van der Waals surface area contributed by atoms with Gasteiger partial charge in [-0.25, -0.2) is 4.79 Å². The summed E-state index contributed by atoms with van der Waals surface area (Å²) in [6.45, 7) is 2.95. The smallest absolute Gasteiger partial charge is 0.328 e. The highest BCUT2D eigenvalue weighted by molar-refractivity contribution is 5.85. The quantitative estimate of drug-likeness (QED) is 0.470. The molecular weight excluding hydrogens is 238 g/mol. The number of aliphatic carboxylic acids is 1. The molecule has 0 aromatic rings. The van der Waals surface area contributed by atoms with E-state index in [-0.39, 0.29) is 12.6 Å². The molecule has 0 saturated carbocycles. The maximum Gasteiger partial charge on any atom is 0.328 e. The number of carbonyl (C=O) groups is 2. The van der Waals surface area contributed by atoms with E-state index < -0.39 is 24.0 Å². The minimum absolute atomic E-state index is 0.142. The molecule has 0 radical (unpaired) electrons. The Labute approximate surface area is 106 Å². The number of carboxylic acids is 1. The monoisotopic (exact) mass is 259 g/mol. The SMILES string of the molecule is C[C@@H](O)[C@H](NC(=O)CN1CCC(N)CC1)C(=O)O. The molecule has 1 rings (SSSR count). The molecule has 0 unspecified atom stereocenters. The molecule has 104 valence electrons. The molecule has 1 aliphatic rings. The van der Waals surface area contributed by atoms with Crippen LogP contribution in [0.3, 0.4) is 0 Å². The lowest BCUT2D eigenvalue weighted by Gasteiger charge is -2.29. The topological polar surface area (TPSA) is 116 Å². The molecular formula is C11H21N3O4. The first-order valence-electron chi connectivity index (χ1n) is 6.08. The Kier molecular flexibility index (Phi) is 5.52. The summed E-state index contributed by atoms with van der Waals surface area (Å²) in [5, 5.41) is 20.4. The van der Waals surface area contributed by atoms with Gasteiger partial charge in [-0.2, -0.15) is 0 Å². The predicted octanol–water partition coefficient (Wildman–Crippen LogP) is -1.64. The molecule has 1 saturated heterocycles. The lowest BCUT2D eigenvalue weighted by Crippen LogP contribution is -2.51. The number of nitrogens with one attached hydrogen (secondary N) is 1. The Balaban J connectivity index is 2.38. The summed E-state index contributed by atoms with van der Waals surface area (Å²) in [5.74, 6) is -1.63. The maximum atomic E-state index is 11.7. The van der Waals surface area contributed by atoms with Crippen molar-refractivity contribution in [1.82, 2.24) is 10.2 Å². The minimum atomic E-state index is -1.26. The van der Waals surface area contributed by atoms with Gasteiger partial charge in [0.25, 0.3) is 0 Å². The van der Waals surface area contributed by atoms with E-state index in [1.807, 2.05) is 4.90 Å². The van der Waals surface area contributed by atoms with E-state index >= 15 is 0 Å². The Bertz CT molecular complexity index is 301. The molecule has 0 aromatic heterocycles. The lowest BCUT2D eigenvalue weighted by atomic mass is 10.1. The molecule has 1 fully saturated rings. The molecule has 18 heavy (non-hydrogen) atoms. The van der Waals surface area contributed by atoms with E-state index in [9.17, 15) is 14.7 Å². The number of hydrogen-bond acceptors (Lipinski definition) is 5. The van der Waals surface area contributed by atoms with E-state index in [2.05, 4.69) is 5.32 Å². The van der Waals surface area contributed by atoms with Gasteiger partial charge in [-0.1, -0.05) is 0 Å². The maximum absolute atomic E-state index is 11.7. The van der Waals surface area contributed by atoms with Crippen LogP contribution in [0.2, 0.25) is 0 Å². The van der Waals surface area contributed by atoms with Gasteiger partial charge in [0.2, 0.25) is 5.91 Å². The van der Waals surface area contributed by atoms with Gasteiger partial charge in [-0.3, -0.25) is 9.69 Å². The van der Waals surface area contributed by atoms with Crippen LogP contribution in [0.5, 0.6) is 0 Å². The van der Waals surface area contributed by atoms with E-state index in [0.29, 0.717) is 0 Å². The van der Waals surface area contributed by atoms with Gasteiger partial charge in [0.1, 0.15) is 0 Å². The Hall–Kier alpha value is -1.18. The summed E-state index contributed by atoms with van der Waals surface area (Å²) >= 11 is 0. The number of aliphatic hydroxyl groups excluding tert-OH is 1. The average Bonchev–Trinajstić information content (AvgIpc) is 2.28. The number of rotatable bonds is 5. The first kappa shape index (κ1) is 14.9. The molecule has 7 heteroatoms. The second-order valence-electron chi connectivity index (χ2n) is 4.74. The van der Waals surface area contributed by atoms with Crippen LogP contribution in [0.4, 0.5) is 0 Å². The van der Waals surface area contributed by atoms with Crippen molar-refractivity contribution in [2.75, 3.05) is 19.6 Å². The van der Waals surface area contributed by atoms with Crippen molar-refractivity contribution in [3.63, 3.8) is 0 Å². The van der Waals surface area contributed by atoms with E-state index in [1.165, 1.54) is 6.92 Å². The fraction of sp³-hybridized carbons (Fsp3) is 0.818. The predicted molar refractivity (Wildman–Crippen MR) is 64.9 cm³/mol. The van der Waals surface area contributed by atoms with Crippen LogP contribution < -0.4 is 11.1 Å². The van der Waals surface area contributed by atoms with Gasteiger partial charge < -0.3 is 21.3 Å². The zero-order valence-corrected chi connectivity index (χ0v) is 10.5. The standard InChI is InChI=1S/C11H21N3O4/c1-7(15)10(11(17)18)13-9(16)6-14-4-2-8(12)3-5-14/h7-8,10,15H,2-6,12H2,1H3,(H,13,16)(H,17,18)/t7-,10+/m1/s1. The number of hydrogen-bond donors (Lipinski definition) is 4. The number of likely N-dealkylation sites (tertiary alicyclic amines) is 1. The fourth-order valence-corrected chi connectivity index (χ4v) is 1.92. The van der Waals surface area contributed by atoms with E-state index in [0.717, 1.165) is 25.9 Å². The highest BCUT2D eigenvalue weighted by Crippen LogP contribution is 2.07. The summed E-state index contributed by atoms with van der Waals surface area (Å²) in [6.07, 6.45) is 0.555. The fourth-order valence-electron chi connectivity index (χ4n) is 1.92. The molecule has 0 bridgehead atoms. The normalized spacial score (nSPS) is 21.3. The van der Waals surface area contributed by atoms with Crippen molar-refractivity contribution in [3.05, 3.63) is 0 Å². The van der Waals surface area contributed by atoms with Gasteiger partial charge in [-0.05, 0) is 19.8 Å². The number of nitrogens with zero attached hydrogens (tertiary/aromatic N) is 1. The zero-order chi connectivity index (χ0) is 13.7. The molecule has 1 amide bonds. The Morgan fingerprint density at radius 2 is 2.00 bits per heavy atom. The number of nitrogens with two attached hydrogens (primary N) is 1. The van der Waals surface area contributed by atoms with Crippen LogP contribution in [0, 0.1) is 0 Å². The number of aliphatic hydroxyl groups is 1. The molecule has 0 spiro atoms. The third-order valence-electron chi connectivity index (χ3n) is 3.06. The molecule has 5 N–H and O–H groups in total. The summed E-state index contributed by atoms with van der Waals surface area (Å²) < 4.78 is 0. The van der Waals surface area contributed by atoms with Crippen LogP contribution >= 0.6 is 0 Å². The van der Waals surface area contributed by atoms with Gasteiger partial charge in [-0.15, -0.1) is 0 Å². The van der Waals surface area contributed by atoms with Crippen molar-refractivity contribution in [3.8, 4) is 0 Å². The molecule has 1 aliphatic heterocycles. The van der Waals surface area contributed by atoms with Crippen molar-refractivity contribution in [2.45, 2.75) is 38.0 Å². The summed E-state index contributed by atoms with van der Waals surface area (Å²) in [4.78, 5) is 24.4. The van der Waals surface area contributed by atoms with Crippen molar-refractivity contribution >= 4 is 11.9 Å². The number of amides is 1. The minimum Gasteiger partial charge on any atom is -0.480 e. The first-order chi connectivity index (χ1) is 8.40. The molecule has 1 heterocycles. The van der Waals surface area contributed by atoms with E-state index in [1.54, 1.807) is 0 Å². The molecule has 2 atom stereocenters. The first-order valence-corrected chi connectivity index (χ1v) is 6.08. The second-order valence-corrected chi connectivity index (χ2v) is 4.74. The lowest BCUT2D eigenvalue weighted by molar-refractivity contribution is -0.145. The van der Waals surface area contributed by atoms with Gasteiger partial charge >= 0.3 is 5.97 Å². The van der Waals surface area contributed by atoms with Crippen molar-refractivity contribution in [1.29, 1.82) is 0 Å². The molecule has 0 aliphatic carbocycles. The van der Waals surface area contributed by atoms with Crippen LogP contribution in [-0.4, -0.2) is 64.8 Å². The highest BCUT2D eigenvalue weighted by atomic mass is 16.4. The summed E-state index contributed by atoms with van der Waals surface area (Å²) in [5.41, 5.74) is 5.75. The Morgan fingerprint density at radius 3 is 2.44 bits per heavy atom. The van der Waals surface area contributed by atoms with Crippen molar-refractivity contribution < 1.29 is 19.8 Å². The third kappa shape index (κ3) is 4.59. The zero-order valence-electron chi connectivity index (χ0n) is 10.5. The summed E-state index contributed by atoms with van der Waals surface area (Å²) in [6, 6.07) is -1.07. The largest absolute Gasteiger partial charge is 0.480 e. The molecule has 7 nitrogen and oxygen atoms in total. The van der Waals surface area contributed by atoms with Crippen LogP contribution in [-0.2, 0) is 9.59 Å². The summed E-state index contributed by atoms with van der Waals surface area (Å²) in [7, 11) is 0. The average molecular weight is 259 g/mol. The van der Waals surface area contributed by atoms with E-state index in [4.69, 9.17) is 10.8 Å². The third-order valence-corrected chi connectivity index (χ3v) is 3.06. The molecule has 0 aromatic carbocycles. The van der Waals surface area contributed by atoms with Crippen molar-refractivity contribution in [2.24, 2.45) is 5.73 Å². The van der Waals surface area contributed by atoms with Gasteiger partial charge in [0, 0.05) is 19.1 Å². The van der Waals surface area contributed by atoms with Gasteiger partial charge in [0.05, 0.1) is 12.6 Å². The highest BCUT2D eigenvalue weighted by Gasteiger charge is 2.26. The number of carbonyl (C=O) groups excluding carboxylic acids is 1. The van der Waals surface area contributed by atoms with Gasteiger partial charge in [0.15, 0.2) is 6.04 Å². The van der Waals surface area contributed by atoms with Crippen LogP contribution in [0.25, 0.3) is 0 Å². The number of carboxylic acid groups (broad SMARTS) is 1.